The standard InChI is InChI=1S/C14H20BrN3O2/c1-4-16-14(20)17-13(19)10(2)18(3)9-11-5-7-12(15)8-6-11/h5-8,10H,4,9H2,1-3H3,(H2,16,17,19,20). The zero-order chi connectivity index (χ0) is 15.1. The molecule has 0 fully saturated rings. The lowest BCUT2D eigenvalue weighted by Crippen LogP contribution is -2.48. The van der Waals surface area contributed by atoms with Gasteiger partial charge in [-0.3, -0.25) is 15.0 Å². The number of urea groups is 1. The molecule has 5 nitrogen and oxygen atoms in total. The molecule has 1 unspecified atom stereocenters. The van der Waals surface area contributed by atoms with Gasteiger partial charge in [0, 0.05) is 17.6 Å². The predicted molar refractivity (Wildman–Crippen MR) is 82.3 cm³/mol. The SMILES string of the molecule is CCNC(=O)NC(=O)C(C)N(C)Cc1ccc(Br)cc1. The highest BCUT2D eigenvalue weighted by Crippen LogP contribution is 2.12. The first kappa shape index (κ1) is 16.7. The van der Waals surface area contributed by atoms with Gasteiger partial charge in [-0.2, -0.15) is 0 Å². The van der Waals surface area contributed by atoms with Gasteiger partial charge < -0.3 is 5.32 Å². The minimum Gasteiger partial charge on any atom is -0.338 e. The molecular weight excluding hydrogens is 322 g/mol. The fraction of sp³-hybridized carbons (Fsp3) is 0.429. The molecule has 1 aromatic carbocycles. The summed E-state index contributed by atoms with van der Waals surface area (Å²) in [6, 6.07) is 7.07. The van der Waals surface area contributed by atoms with Crippen molar-refractivity contribution in [2.45, 2.75) is 26.4 Å². The largest absolute Gasteiger partial charge is 0.338 e. The highest BCUT2D eigenvalue weighted by atomic mass is 79.9. The summed E-state index contributed by atoms with van der Waals surface area (Å²) in [5, 5.41) is 4.85. The lowest BCUT2D eigenvalue weighted by atomic mass is 10.2. The Hall–Kier alpha value is -1.40. The molecule has 1 rings (SSSR count). The van der Waals surface area contributed by atoms with Crippen LogP contribution in [0.1, 0.15) is 19.4 Å². The number of carbonyl (C=O) groups excluding carboxylic acids is 2. The number of benzene rings is 1. The van der Waals surface area contributed by atoms with Crippen LogP contribution in [0.2, 0.25) is 0 Å². The number of hydrogen-bond donors (Lipinski definition) is 2. The number of nitrogens with zero attached hydrogens (tertiary/aromatic N) is 1. The average Bonchev–Trinajstić information content (AvgIpc) is 2.40. The second-order valence-corrected chi connectivity index (χ2v) is 5.48. The maximum Gasteiger partial charge on any atom is 0.321 e. The van der Waals surface area contributed by atoms with Crippen molar-refractivity contribution < 1.29 is 9.59 Å². The summed E-state index contributed by atoms with van der Waals surface area (Å²) in [5.74, 6) is -0.310. The van der Waals surface area contributed by atoms with Crippen molar-refractivity contribution in [2.75, 3.05) is 13.6 Å². The second-order valence-electron chi connectivity index (χ2n) is 4.57. The van der Waals surface area contributed by atoms with E-state index in [-0.39, 0.29) is 11.9 Å². The fourth-order valence-corrected chi connectivity index (χ4v) is 1.90. The minimum atomic E-state index is -0.457. The number of imide groups is 1. The van der Waals surface area contributed by atoms with E-state index in [1.54, 1.807) is 13.8 Å². The number of hydrogen-bond acceptors (Lipinski definition) is 3. The van der Waals surface area contributed by atoms with Crippen LogP contribution >= 0.6 is 15.9 Å². The first-order valence-corrected chi connectivity index (χ1v) is 7.26. The monoisotopic (exact) mass is 341 g/mol. The summed E-state index contributed by atoms with van der Waals surface area (Å²) < 4.78 is 1.02. The maximum atomic E-state index is 11.9. The summed E-state index contributed by atoms with van der Waals surface area (Å²) in [6.45, 7) is 4.69. The maximum absolute atomic E-state index is 11.9. The fourth-order valence-electron chi connectivity index (χ4n) is 1.64. The lowest BCUT2D eigenvalue weighted by molar-refractivity contribution is -0.124. The average molecular weight is 342 g/mol. The molecule has 0 aliphatic rings. The molecule has 0 saturated heterocycles. The van der Waals surface area contributed by atoms with Crippen molar-refractivity contribution in [1.29, 1.82) is 0 Å². The Morgan fingerprint density at radius 3 is 2.45 bits per heavy atom. The normalized spacial score (nSPS) is 12.1. The van der Waals surface area contributed by atoms with Gasteiger partial charge in [0.2, 0.25) is 5.91 Å². The van der Waals surface area contributed by atoms with Crippen molar-refractivity contribution >= 4 is 27.9 Å². The summed E-state index contributed by atoms with van der Waals surface area (Å²) in [7, 11) is 1.85. The Morgan fingerprint density at radius 2 is 1.90 bits per heavy atom. The number of carbonyl (C=O) groups is 2. The molecule has 0 aromatic heterocycles. The van der Waals surface area contributed by atoms with E-state index in [0.29, 0.717) is 13.1 Å². The van der Waals surface area contributed by atoms with Crippen LogP contribution in [0, 0.1) is 0 Å². The molecule has 0 spiro atoms. The number of likely N-dealkylation sites (N-methyl/N-ethyl adjacent to an activating group) is 1. The van der Waals surface area contributed by atoms with E-state index in [4.69, 9.17) is 0 Å². The minimum absolute atomic E-state index is 0.310. The zero-order valence-electron chi connectivity index (χ0n) is 11.9. The van der Waals surface area contributed by atoms with E-state index in [0.717, 1.165) is 10.0 Å². The van der Waals surface area contributed by atoms with Crippen LogP contribution in [0.3, 0.4) is 0 Å². The van der Waals surface area contributed by atoms with Crippen molar-refractivity contribution in [3.63, 3.8) is 0 Å². The van der Waals surface area contributed by atoms with E-state index in [1.807, 2.05) is 36.2 Å². The molecule has 0 saturated carbocycles. The third-order valence-electron chi connectivity index (χ3n) is 2.96. The molecule has 6 heteroatoms. The van der Waals surface area contributed by atoms with Gasteiger partial charge in [-0.25, -0.2) is 4.79 Å². The topological polar surface area (TPSA) is 61.4 Å². The van der Waals surface area contributed by atoms with E-state index >= 15 is 0 Å². The molecule has 0 aliphatic carbocycles. The van der Waals surface area contributed by atoms with Crippen LogP contribution in [0.4, 0.5) is 4.79 Å². The Morgan fingerprint density at radius 1 is 1.30 bits per heavy atom. The van der Waals surface area contributed by atoms with Gasteiger partial charge in [-0.05, 0) is 38.6 Å². The van der Waals surface area contributed by atoms with Crippen LogP contribution < -0.4 is 10.6 Å². The van der Waals surface area contributed by atoms with Gasteiger partial charge in [0.1, 0.15) is 0 Å². The molecule has 2 N–H and O–H groups in total. The molecule has 0 radical (unpaired) electrons. The Balaban J connectivity index is 2.53. The second kappa shape index (κ2) is 8.01. The van der Waals surface area contributed by atoms with Gasteiger partial charge in [0.25, 0.3) is 0 Å². The predicted octanol–water partition coefficient (Wildman–Crippen LogP) is 2.12. The van der Waals surface area contributed by atoms with Gasteiger partial charge >= 0.3 is 6.03 Å². The van der Waals surface area contributed by atoms with Crippen LogP contribution in [-0.2, 0) is 11.3 Å². The summed E-state index contributed by atoms with van der Waals surface area (Å²) >= 11 is 3.38. The van der Waals surface area contributed by atoms with Crippen molar-refractivity contribution in [2.24, 2.45) is 0 Å². The third-order valence-corrected chi connectivity index (χ3v) is 3.49. The van der Waals surface area contributed by atoms with Crippen molar-refractivity contribution in [1.82, 2.24) is 15.5 Å². The molecule has 110 valence electrons. The van der Waals surface area contributed by atoms with E-state index in [2.05, 4.69) is 26.6 Å². The van der Waals surface area contributed by atoms with Gasteiger partial charge in [-0.15, -0.1) is 0 Å². The van der Waals surface area contributed by atoms with Crippen LogP contribution in [0.25, 0.3) is 0 Å². The molecule has 1 aromatic rings. The van der Waals surface area contributed by atoms with Gasteiger partial charge in [0.15, 0.2) is 0 Å². The van der Waals surface area contributed by atoms with Gasteiger partial charge in [-0.1, -0.05) is 28.1 Å². The van der Waals surface area contributed by atoms with Crippen LogP contribution in [0.5, 0.6) is 0 Å². The number of nitrogens with one attached hydrogen (secondary N) is 2. The van der Waals surface area contributed by atoms with E-state index < -0.39 is 6.03 Å². The lowest BCUT2D eigenvalue weighted by Gasteiger charge is -2.23. The number of rotatable bonds is 5. The zero-order valence-corrected chi connectivity index (χ0v) is 13.5. The van der Waals surface area contributed by atoms with E-state index in [1.165, 1.54) is 0 Å². The quantitative estimate of drug-likeness (QED) is 0.862. The first-order chi connectivity index (χ1) is 9.43. The van der Waals surface area contributed by atoms with Crippen molar-refractivity contribution in [3.8, 4) is 0 Å². The molecule has 0 bridgehead atoms. The molecule has 1 atom stereocenters. The smallest absolute Gasteiger partial charge is 0.321 e. The molecule has 0 aliphatic heterocycles. The van der Waals surface area contributed by atoms with Crippen LogP contribution in [0.15, 0.2) is 28.7 Å². The summed E-state index contributed by atoms with van der Waals surface area (Å²) in [6.07, 6.45) is 0. The Kier molecular flexibility index (Phi) is 6.67. The summed E-state index contributed by atoms with van der Waals surface area (Å²) in [5.41, 5.74) is 1.10. The Bertz CT molecular complexity index is 462. The van der Waals surface area contributed by atoms with Gasteiger partial charge in [0.05, 0.1) is 6.04 Å². The Labute approximate surface area is 127 Å². The third kappa shape index (κ3) is 5.30. The highest BCUT2D eigenvalue weighted by Gasteiger charge is 2.19. The molecule has 20 heavy (non-hydrogen) atoms. The number of halogens is 1. The molecular formula is C14H20BrN3O2. The first-order valence-electron chi connectivity index (χ1n) is 6.47. The summed E-state index contributed by atoms with van der Waals surface area (Å²) in [4.78, 5) is 25.1. The highest BCUT2D eigenvalue weighted by molar-refractivity contribution is 9.10. The van der Waals surface area contributed by atoms with Crippen LogP contribution in [-0.4, -0.2) is 36.5 Å². The van der Waals surface area contributed by atoms with E-state index in [9.17, 15) is 9.59 Å². The molecule has 3 amide bonds. The van der Waals surface area contributed by atoms with Crippen molar-refractivity contribution in [3.05, 3.63) is 34.3 Å². The number of amides is 3. The molecule has 0 heterocycles.